The first-order chi connectivity index (χ1) is 10.2. The van der Waals surface area contributed by atoms with Gasteiger partial charge in [-0.05, 0) is 31.0 Å². The second kappa shape index (κ2) is 8.59. The van der Waals surface area contributed by atoms with Crippen molar-refractivity contribution < 1.29 is 4.79 Å². The molecule has 1 aliphatic rings. The van der Waals surface area contributed by atoms with E-state index in [4.69, 9.17) is 0 Å². The number of hydrogen-bond donors (Lipinski definition) is 2. The number of rotatable bonds is 6. The quantitative estimate of drug-likeness (QED) is 0.841. The van der Waals surface area contributed by atoms with Gasteiger partial charge < -0.3 is 10.6 Å². The predicted molar refractivity (Wildman–Crippen MR) is 95.9 cm³/mol. The van der Waals surface area contributed by atoms with E-state index < -0.39 is 0 Å². The van der Waals surface area contributed by atoms with Crippen LogP contribution >= 0.6 is 23.5 Å². The van der Waals surface area contributed by atoms with E-state index in [-0.39, 0.29) is 5.91 Å². The van der Waals surface area contributed by atoms with E-state index in [2.05, 4.69) is 30.5 Å². The molecule has 3 nitrogen and oxygen atoms in total. The number of carbonyl (C=O) groups excluding carboxylic acids is 1. The van der Waals surface area contributed by atoms with E-state index in [0.29, 0.717) is 5.25 Å². The highest BCUT2D eigenvalue weighted by atomic mass is 32.2. The van der Waals surface area contributed by atoms with E-state index in [1.807, 2.05) is 35.7 Å². The number of thioether (sulfide) groups is 2. The summed E-state index contributed by atoms with van der Waals surface area (Å²) in [4.78, 5) is 12.4. The van der Waals surface area contributed by atoms with Gasteiger partial charge in [-0.2, -0.15) is 23.5 Å². The number of aryl methyl sites for hydroxylation is 1. The average molecular weight is 325 g/mol. The van der Waals surface area contributed by atoms with Crippen LogP contribution in [-0.4, -0.2) is 41.5 Å². The molecule has 1 aromatic carbocycles. The van der Waals surface area contributed by atoms with Gasteiger partial charge >= 0.3 is 0 Å². The van der Waals surface area contributed by atoms with Crippen molar-refractivity contribution in [3.63, 3.8) is 0 Å². The second-order valence-electron chi connectivity index (χ2n) is 5.25. The maximum atomic E-state index is 12.4. The van der Waals surface area contributed by atoms with E-state index in [1.54, 1.807) is 0 Å². The molecule has 5 heteroatoms. The van der Waals surface area contributed by atoms with Crippen molar-refractivity contribution >= 4 is 35.1 Å². The lowest BCUT2D eigenvalue weighted by Gasteiger charge is -2.21. The molecular weight excluding hydrogens is 300 g/mol. The van der Waals surface area contributed by atoms with Crippen LogP contribution in [0.5, 0.6) is 0 Å². The van der Waals surface area contributed by atoms with E-state index in [0.717, 1.165) is 36.5 Å². The highest BCUT2D eigenvalue weighted by molar-refractivity contribution is 8.06. The molecule has 1 fully saturated rings. The van der Waals surface area contributed by atoms with Gasteiger partial charge in [0.25, 0.3) is 5.91 Å². The van der Waals surface area contributed by atoms with Gasteiger partial charge in [-0.15, -0.1) is 0 Å². The van der Waals surface area contributed by atoms with Crippen LogP contribution in [0.1, 0.15) is 29.3 Å². The van der Waals surface area contributed by atoms with Gasteiger partial charge in [-0.25, -0.2) is 0 Å². The fourth-order valence-corrected chi connectivity index (χ4v) is 4.83. The number of benzene rings is 1. The Morgan fingerprint density at radius 3 is 2.95 bits per heavy atom. The zero-order valence-corrected chi connectivity index (χ0v) is 14.4. The Hall–Kier alpha value is -0.810. The molecule has 0 radical (unpaired) electrons. The average Bonchev–Trinajstić information content (AvgIpc) is 2.51. The van der Waals surface area contributed by atoms with Crippen LogP contribution in [-0.2, 0) is 0 Å². The van der Waals surface area contributed by atoms with Gasteiger partial charge in [0.05, 0.1) is 5.56 Å². The molecule has 116 valence electrons. The molecule has 2 rings (SSSR count). The van der Waals surface area contributed by atoms with Crippen LogP contribution in [0.15, 0.2) is 18.2 Å². The lowest BCUT2D eigenvalue weighted by atomic mass is 10.1. The van der Waals surface area contributed by atoms with Crippen molar-refractivity contribution in [1.82, 2.24) is 5.32 Å². The molecule has 0 aromatic heterocycles. The minimum Gasteiger partial charge on any atom is -0.384 e. The third-order valence-electron chi connectivity index (χ3n) is 3.36. The van der Waals surface area contributed by atoms with Crippen LogP contribution in [0.4, 0.5) is 5.69 Å². The second-order valence-corrected chi connectivity index (χ2v) is 7.81. The summed E-state index contributed by atoms with van der Waals surface area (Å²) in [6, 6.07) is 5.97. The molecule has 1 atom stereocenters. The van der Waals surface area contributed by atoms with Crippen molar-refractivity contribution in [2.75, 3.05) is 35.7 Å². The summed E-state index contributed by atoms with van der Waals surface area (Å²) in [7, 11) is 0. The fraction of sp³-hybridized carbons (Fsp3) is 0.562. The molecule has 0 spiro atoms. The molecule has 1 aromatic rings. The normalized spacial score (nSPS) is 18.3. The first-order valence-electron chi connectivity index (χ1n) is 7.52. The Kier molecular flexibility index (Phi) is 6.77. The standard InChI is InChI=1S/C16H24N2OS2/c1-3-6-17-15-9-12(2)4-5-14(15)16(19)18-10-13-11-20-7-8-21-13/h4-5,9,13,17H,3,6-8,10-11H2,1-2H3,(H,18,19). The maximum absolute atomic E-state index is 12.4. The zero-order valence-electron chi connectivity index (χ0n) is 12.8. The molecule has 2 N–H and O–H groups in total. The van der Waals surface area contributed by atoms with Crippen LogP contribution in [0.3, 0.4) is 0 Å². The summed E-state index contributed by atoms with van der Waals surface area (Å²) in [5.41, 5.74) is 2.87. The highest BCUT2D eigenvalue weighted by Crippen LogP contribution is 2.23. The van der Waals surface area contributed by atoms with Gasteiger partial charge in [0.1, 0.15) is 0 Å². The molecule has 1 unspecified atom stereocenters. The molecular formula is C16H24N2OS2. The molecule has 1 saturated heterocycles. The number of amides is 1. The van der Waals surface area contributed by atoms with Gasteiger partial charge in [0.2, 0.25) is 0 Å². The number of hydrogen-bond acceptors (Lipinski definition) is 4. The van der Waals surface area contributed by atoms with Crippen molar-refractivity contribution in [3.05, 3.63) is 29.3 Å². The summed E-state index contributed by atoms with van der Waals surface area (Å²) in [6.45, 7) is 5.83. The van der Waals surface area contributed by atoms with Gasteiger partial charge in [0.15, 0.2) is 0 Å². The summed E-state index contributed by atoms with van der Waals surface area (Å²) in [6.07, 6.45) is 1.05. The van der Waals surface area contributed by atoms with Gasteiger partial charge in [-0.3, -0.25) is 4.79 Å². The third-order valence-corrected chi connectivity index (χ3v) is 6.21. The van der Waals surface area contributed by atoms with Crippen molar-refractivity contribution in [3.8, 4) is 0 Å². The van der Waals surface area contributed by atoms with Gasteiger partial charge in [-0.1, -0.05) is 13.0 Å². The number of anilines is 1. The molecule has 1 aliphatic heterocycles. The summed E-state index contributed by atoms with van der Waals surface area (Å²) in [5, 5.41) is 6.99. The zero-order chi connectivity index (χ0) is 15.1. The van der Waals surface area contributed by atoms with Gasteiger partial charge in [0, 0.05) is 41.3 Å². The van der Waals surface area contributed by atoms with Crippen LogP contribution < -0.4 is 10.6 Å². The Balaban J connectivity index is 1.96. The van der Waals surface area contributed by atoms with E-state index in [1.165, 1.54) is 17.1 Å². The summed E-state index contributed by atoms with van der Waals surface area (Å²) in [5.74, 6) is 3.60. The third kappa shape index (κ3) is 5.15. The van der Waals surface area contributed by atoms with Crippen molar-refractivity contribution in [1.29, 1.82) is 0 Å². The Morgan fingerprint density at radius 1 is 1.38 bits per heavy atom. The highest BCUT2D eigenvalue weighted by Gasteiger charge is 2.17. The minimum absolute atomic E-state index is 0.0322. The first-order valence-corrected chi connectivity index (χ1v) is 9.73. The molecule has 0 saturated carbocycles. The molecule has 1 heterocycles. The van der Waals surface area contributed by atoms with Crippen LogP contribution in [0.2, 0.25) is 0 Å². The summed E-state index contributed by atoms with van der Waals surface area (Å²) < 4.78 is 0. The largest absolute Gasteiger partial charge is 0.384 e. The fourth-order valence-electron chi connectivity index (χ4n) is 2.22. The summed E-state index contributed by atoms with van der Waals surface area (Å²) >= 11 is 3.95. The Labute approximate surface area is 136 Å². The SMILES string of the molecule is CCCNc1cc(C)ccc1C(=O)NCC1CSCCS1. The molecule has 21 heavy (non-hydrogen) atoms. The van der Waals surface area contributed by atoms with Crippen molar-refractivity contribution in [2.45, 2.75) is 25.5 Å². The number of carbonyl (C=O) groups is 1. The Bertz CT molecular complexity index is 473. The number of nitrogens with one attached hydrogen (secondary N) is 2. The van der Waals surface area contributed by atoms with E-state index >= 15 is 0 Å². The lowest BCUT2D eigenvalue weighted by molar-refractivity contribution is 0.0955. The molecule has 0 aliphatic carbocycles. The monoisotopic (exact) mass is 324 g/mol. The van der Waals surface area contributed by atoms with Crippen molar-refractivity contribution in [2.24, 2.45) is 0 Å². The lowest BCUT2D eigenvalue weighted by Crippen LogP contribution is -2.33. The minimum atomic E-state index is 0.0322. The topological polar surface area (TPSA) is 41.1 Å². The smallest absolute Gasteiger partial charge is 0.253 e. The maximum Gasteiger partial charge on any atom is 0.253 e. The first kappa shape index (κ1) is 16.6. The van der Waals surface area contributed by atoms with Crippen LogP contribution in [0, 0.1) is 6.92 Å². The predicted octanol–water partition coefficient (Wildman–Crippen LogP) is 3.40. The molecule has 0 bridgehead atoms. The van der Waals surface area contributed by atoms with E-state index in [9.17, 15) is 4.79 Å². The van der Waals surface area contributed by atoms with Crippen LogP contribution in [0.25, 0.3) is 0 Å². The molecule has 1 amide bonds. The Morgan fingerprint density at radius 2 is 2.24 bits per heavy atom.